The van der Waals surface area contributed by atoms with Crippen LogP contribution < -0.4 is 20.2 Å². The summed E-state index contributed by atoms with van der Waals surface area (Å²) in [4.78, 5) is 25.2. The molecule has 0 aromatic heterocycles. The minimum absolute atomic E-state index is 0.195. The first-order valence-electron chi connectivity index (χ1n) is 10.0. The lowest BCUT2D eigenvalue weighted by molar-refractivity contribution is -0.123. The predicted octanol–water partition coefficient (Wildman–Crippen LogP) is 4.04. The fraction of sp³-hybridized carbons (Fsp3) is 0.348. The van der Waals surface area contributed by atoms with Crippen molar-refractivity contribution in [2.45, 2.75) is 33.2 Å². The molecule has 0 aliphatic heterocycles. The lowest BCUT2D eigenvalue weighted by Gasteiger charge is -2.19. The van der Waals surface area contributed by atoms with E-state index in [4.69, 9.17) is 21.1 Å². The lowest BCUT2D eigenvalue weighted by Crippen LogP contribution is -2.46. The number of hydrogen-bond acceptors (Lipinski definition) is 5. The number of methoxy groups -OCH3 is 1. The molecule has 1 atom stereocenters. The van der Waals surface area contributed by atoms with Gasteiger partial charge in [0, 0.05) is 10.6 Å². The highest BCUT2D eigenvalue weighted by Gasteiger charge is 2.22. The zero-order valence-electron chi connectivity index (χ0n) is 18.1. The molecule has 8 heteroatoms. The number of amides is 2. The molecule has 0 spiro atoms. The molecule has 0 fully saturated rings. The lowest BCUT2D eigenvalue weighted by atomic mass is 10.0. The summed E-state index contributed by atoms with van der Waals surface area (Å²) < 4.78 is 10.8. The molecule has 166 valence electrons. The molecule has 2 aromatic rings. The van der Waals surface area contributed by atoms with E-state index in [-0.39, 0.29) is 11.8 Å². The van der Waals surface area contributed by atoms with Gasteiger partial charge in [-0.05, 0) is 67.3 Å². The van der Waals surface area contributed by atoms with Crippen LogP contribution in [0, 0.1) is 5.92 Å². The zero-order chi connectivity index (χ0) is 22.8. The van der Waals surface area contributed by atoms with Gasteiger partial charge < -0.3 is 14.8 Å². The number of halogens is 1. The van der Waals surface area contributed by atoms with Crippen LogP contribution in [0.2, 0.25) is 5.02 Å². The van der Waals surface area contributed by atoms with Crippen molar-refractivity contribution < 1.29 is 19.1 Å². The smallest absolute Gasteiger partial charge is 0.262 e. The first kappa shape index (κ1) is 24.2. The summed E-state index contributed by atoms with van der Waals surface area (Å²) in [5, 5.41) is 7.33. The van der Waals surface area contributed by atoms with Gasteiger partial charge in [-0.3, -0.25) is 9.59 Å². The maximum absolute atomic E-state index is 12.7. The fourth-order valence-corrected chi connectivity index (χ4v) is 2.96. The van der Waals surface area contributed by atoms with Crippen molar-refractivity contribution in [3.63, 3.8) is 0 Å². The van der Waals surface area contributed by atoms with Crippen LogP contribution in [0.1, 0.15) is 43.1 Å². The van der Waals surface area contributed by atoms with E-state index in [0.717, 1.165) is 5.56 Å². The molecule has 7 nitrogen and oxygen atoms in total. The Balaban J connectivity index is 2.05. The molecule has 0 bridgehead atoms. The van der Waals surface area contributed by atoms with Crippen LogP contribution in [0.15, 0.2) is 47.6 Å². The Labute approximate surface area is 187 Å². The van der Waals surface area contributed by atoms with E-state index >= 15 is 0 Å². The van der Waals surface area contributed by atoms with E-state index in [1.807, 2.05) is 20.8 Å². The molecule has 0 radical (unpaired) electrons. The summed E-state index contributed by atoms with van der Waals surface area (Å²) in [6.45, 7) is 6.33. The van der Waals surface area contributed by atoms with Crippen molar-refractivity contribution >= 4 is 29.6 Å². The Morgan fingerprint density at radius 3 is 2.45 bits per heavy atom. The van der Waals surface area contributed by atoms with Gasteiger partial charge in [-0.1, -0.05) is 25.4 Å². The number of hydrazone groups is 1. The van der Waals surface area contributed by atoms with Crippen molar-refractivity contribution in [1.29, 1.82) is 0 Å². The van der Waals surface area contributed by atoms with Crippen LogP contribution in [0.25, 0.3) is 0 Å². The maximum atomic E-state index is 12.7. The molecule has 0 saturated heterocycles. The number of hydrogen-bond donors (Lipinski definition) is 2. The highest BCUT2D eigenvalue weighted by molar-refractivity contribution is 6.30. The average molecular weight is 446 g/mol. The number of carbonyl (C=O) groups is 2. The van der Waals surface area contributed by atoms with Gasteiger partial charge in [0.2, 0.25) is 0 Å². The Kier molecular flexibility index (Phi) is 9.34. The molecule has 2 rings (SSSR count). The topological polar surface area (TPSA) is 89.0 Å². The molecule has 2 aromatic carbocycles. The highest BCUT2D eigenvalue weighted by atomic mass is 35.5. The van der Waals surface area contributed by atoms with Gasteiger partial charge in [0.25, 0.3) is 11.8 Å². The number of rotatable bonds is 10. The zero-order valence-corrected chi connectivity index (χ0v) is 18.9. The molecule has 1 unspecified atom stereocenters. The van der Waals surface area contributed by atoms with E-state index in [1.165, 1.54) is 6.21 Å². The number of ether oxygens (including phenoxy) is 2. The second-order valence-corrected chi connectivity index (χ2v) is 7.68. The number of nitrogens with one attached hydrogen (secondary N) is 2. The monoisotopic (exact) mass is 445 g/mol. The van der Waals surface area contributed by atoms with Crippen LogP contribution in [-0.4, -0.2) is 37.8 Å². The second-order valence-electron chi connectivity index (χ2n) is 7.24. The quantitative estimate of drug-likeness (QED) is 0.426. The Bertz CT molecular complexity index is 914. The van der Waals surface area contributed by atoms with E-state index < -0.39 is 11.9 Å². The molecule has 2 N–H and O–H groups in total. The predicted molar refractivity (Wildman–Crippen MR) is 122 cm³/mol. The van der Waals surface area contributed by atoms with E-state index in [1.54, 1.807) is 49.6 Å². The molecule has 0 heterocycles. The van der Waals surface area contributed by atoms with Gasteiger partial charge in [0.1, 0.15) is 6.04 Å². The number of benzene rings is 2. The molecule has 0 saturated carbocycles. The van der Waals surface area contributed by atoms with E-state index in [0.29, 0.717) is 35.1 Å². The molecule has 2 amide bonds. The van der Waals surface area contributed by atoms with Gasteiger partial charge in [-0.2, -0.15) is 5.10 Å². The van der Waals surface area contributed by atoms with Crippen LogP contribution in [0.5, 0.6) is 11.5 Å². The van der Waals surface area contributed by atoms with E-state index in [2.05, 4.69) is 15.8 Å². The Morgan fingerprint density at radius 2 is 1.84 bits per heavy atom. The summed E-state index contributed by atoms with van der Waals surface area (Å²) in [7, 11) is 1.57. The maximum Gasteiger partial charge on any atom is 0.262 e. The van der Waals surface area contributed by atoms with Crippen LogP contribution >= 0.6 is 11.6 Å². The molecule has 31 heavy (non-hydrogen) atoms. The largest absolute Gasteiger partial charge is 0.493 e. The Hall–Kier alpha value is -3.06. The number of nitrogens with zero attached hydrogens (tertiary/aromatic N) is 1. The van der Waals surface area contributed by atoms with Crippen LogP contribution in [0.3, 0.4) is 0 Å². The first-order chi connectivity index (χ1) is 14.8. The normalized spacial score (nSPS) is 11.9. The van der Waals surface area contributed by atoms with Gasteiger partial charge in [0.05, 0.1) is 19.9 Å². The van der Waals surface area contributed by atoms with Crippen molar-refractivity contribution in [3.05, 3.63) is 58.6 Å². The van der Waals surface area contributed by atoms with Crippen LogP contribution in [0.4, 0.5) is 0 Å². The third kappa shape index (κ3) is 7.61. The van der Waals surface area contributed by atoms with Gasteiger partial charge in [-0.25, -0.2) is 5.43 Å². The van der Waals surface area contributed by atoms with E-state index in [9.17, 15) is 9.59 Å². The van der Waals surface area contributed by atoms with Crippen molar-refractivity contribution in [1.82, 2.24) is 10.7 Å². The average Bonchev–Trinajstić information content (AvgIpc) is 2.73. The Morgan fingerprint density at radius 1 is 1.13 bits per heavy atom. The standard InChI is InChI=1S/C23H28ClN3O4/c1-5-31-21-13-16(6-11-20(21)30-4)14-25-27-23(29)19(12-15(2)3)26-22(28)17-7-9-18(24)10-8-17/h6-11,13-15,19H,5,12H2,1-4H3,(H,26,28)(H,27,29). The molecule has 0 aliphatic carbocycles. The molecule has 0 aliphatic rings. The summed E-state index contributed by atoms with van der Waals surface area (Å²) in [5.41, 5.74) is 3.66. The van der Waals surface area contributed by atoms with Gasteiger partial charge in [0.15, 0.2) is 11.5 Å². The SMILES string of the molecule is CCOc1cc(C=NNC(=O)C(CC(C)C)NC(=O)c2ccc(Cl)cc2)ccc1OC. The third-order valence-electron chi connectivity index (χ3n) is 4.31. The third-order valence-corrected chi connectivity index (χ3v) is 4.56. The second kappa shape index (κ2) is 12.0. The van der Waals surface area contributed by atoms with Crippen LogP contribution in [-0.2, 0) is 4.79 Å². The van der Waals surface area contributed by atoms with Crippen molar-refractivity contribution in [2.75, 3.05) is 13.7 Å². The van der Waals surface area contributed by atoms with Gasteiger partial charge >= 0.3 is 0 Å². The van der Waals surface area contributed by atoms with Gasteiger partial charge in [-0.15, -0.1) is 0 Å². The van der Waals surface area contributed by atoms with Crippen molar-refractivity contribution in [3.8, 4) is 11.5 Å². The first-order valence-corrected chi connectivity index (χ1v) is 10.4. The molecular weight excluding hydrogens is 418 g/mol. The minimum atomic E-state index is -0.727. The summed E-state index contributed by atoms with van der Waals surface area (Å²) in [6, 6.07) is 11.1. The highest BCUT2D eigenvalue weighted by Crippen LogP contribution is 2.27. The minimum Gasteiger partial charge on any atom is -0.493 e. The summed E-state index contributed by atoms with van der Waals surface area (Å²) in [5.74, 6) is 0.655. The molecular formula is C23H28ClN3O4. The van der Waals surface area contributed by atoms with Crippen molar-refractivity contribution in [2.24, 2.45) is 11.0 Å². The summed E-state index contributed by atoms with van der Waals surface area (Å²) in [6.07, 6.45) is 1.98. The fourth-order valence-electron chi connectivity index (χ4n) is 2.84. The number of carbonyl (C=O) groups excluding carboxylic acids is 2. The summed E-state index contributed by atoms with van der Waals surface area (Å²) >= 11 is 5.87.